The molecule has 0 fully saturated rings. The highest BCUT2D eigenvalue weighted by molar-refractivity contribution is 6.32. The molecule has 0 spiro atoms. The van der Waals surface area contributed by atoms with Crippen molar-refractivity contribution < 1.29 is 4.74 Å². The Kier molecular flexibility index (Phi) is 4.23. The van der Waals surface area contributed by atoms with Crippen molar-refractivity contribution in [2.75, 3.05) is 7.05 Å². The maximum Gasteiger partial charge on any atom is 0.142 e. The van der Waals surface area contributed by atoms with Crippen LogP contribution in [0.25, 0.3) is 0 Å². The third-order valence-electron chi connectivity index (χ3n) is 1.77. The molecule has 0 heterocycles. The minimum atomic E-state index is 0.144. The number of nitrogens with one attached hydrogen (secondary N) is 1. The van der Waals surface area contributed by atoms with Crippen LogP contribution in [-0.2, 0) is 6.54 Å². The number of hydrogen-bond acceptors (Lipinski definition) is 2. The van der Waals surface area contributed by atoms with Crippen molar-refractivity contribution in [2.24, 2.45) is 0 Å². The van der Waals surface area contributed by atoms with Gasteiger partial charge in [-0.3, -0.25) is 0 Å². The summed E-state index contributed by atoms with van der Waals surface area (Å²) in [6.07, 6.45) is 0.144. The first kappa shape index (κ1) is 11.3. The lowest BCUT2D eigenvalue weighted by Crippen LogP contribution is -2.11. The van der Waals surface area contributed by atoms with Crippen LogP contribution >= 0.6 is 11.6 Å². The number of benzene rings is 1. The quantitative estimate of drug-likeness (QED) is 0.831. The van der Waals surface area contributed by atoms with Gasteiger partial charge in [-0.15, -0.1) is 0 Å². The Hall–Kier alpha value is -0.730. The van der Waals surface area contributed by atoms with E-state index in [1.165, 1.54) is 0 Å². The summed E-state index contributed by atoms with van der Waals surface area (Å²) in [6.45, 7) is 4.75. The van der Waals surface area contributed by atoms with Gasteiger partial charge in [-0.05, 0) is 27.0 Å². The normalized spacial score (nSPS) is 10.6. The number of rotatable bonds is 4. The van der Waals surface area contributed by atoms with Gasteiger partial charge in [-0.1, -0.05) is 23.7 Å². The Morgan fingerprint density at radius 2 is 2.14 bits per heavy atom. The van der Waals surface area contributed by atoms with Crippen molar-refractivity contribution in [3.63, 3.8) is 0 Å². The summed E-state index contributed by atoms with van der Waals surface area (Å²) < 4.78 is 5.66. The van der Waals surface area contributed by atoms with Crippen molar-refractivity contribution in [3.8, 4) is 5.75 Å². The Morgan fingerprint density at radius 3 is 2.71 bits per heavy atom. The zero-order valence-electron chi connectivity index (χ0n) is 8.80. The molecule has 3 heteroatoms. The Bertz CT molecular complexity index is 299. The molecule has 1 aromatic rings. The van der Waals surface area contributed by atoms with Crippen LogP contribution in [-0.4, -0.2) is 13.2 Å². The molecule has 1 rings (SSSR count). The monoisotopic (exact) mass is 213 g/mol. The van der Waals surface area contributed by atoms with Crippen LogP contribution in [0, 0.1) is 0 Å². The maximum absolute atomic E-state index is 6.06. The van der Waals surface area contributed by atoms with E-state index in [1.54, 1.807) is 0 Å². The molecule has 2 nitrogen and oxygen atoms in total. The molecule has 1 aromatic carbocycles. The van der Waals surface area contributed by atoms with Crippen molar-refractivity contribution >= 4 is 11.6 Å². The molecule has 0 radical (unpaired) electrons. The average Bonchev–Trinajstić information content (AvgIpc) is 2.11. The molecule has 0 aromatic heterocycles. The first-order chi connectivity index (χ1) is 6.65. The topological polar surface area (TPSA) is 21.3 Å². The lowest BCUT2D eigenvalue weighted by Gasteiger charge is -2.15. The van der Waals surface area contributed by atoms with Gasteiger partial charge in [0.2, 0.25) is 0 Å². The van der Waals surface area contributed by atoms with E-state index in [-0.39, 0.29) is 6.10 Å². The second-order valence-electron chi connectivity index (χ2n) is 3.43. The fourth-order valence-corrected chi connectivity index (χ4v) is 1.49. The molecular weight excluding hydrogens is 198 g/mol. The van der Waals surface area contributed by atoms with Gasteiger partial charge in [0.05, 0.1) is 11.1 Å². The molecule has 0 atom stereocenters. The van der Waals surface area contributed by atoms with E-state index in [9.17, 15) is 0 Å². The molecule has 0 aliphatic carbocycles. The van der Waals surface area contributed by atoms with E-state index in [0.29, 0.717) is 5.02 Å². The molecule has 0 saturated carbocycles. The summed E-state index contributed by atoms with van der Waals surface area (Å²) in [5.74, 6) is 0.790. The lowest BCUT2D eigenvalue weighted by atomic mass is 10.2. The maximum atomic E-state index is 6.06. The van der Waals surface area contributed by atoms with Crippen molar-refractivity contribution in [3.05, 3.63) is 28.8 Å². The van der Waals surface area contributed by atoms with Gasteiger partial charge < -0.3 is 10.1 Å². The average molecular weight is 214 g/mol. The van der Waals surface area contributed by atoms with Gasteiger partial charge in [-0.25, -0.2) is 0 Å². The molecule has 0 aliphatic heterocycles. The predicted molar refractivity (Wildman–Crippen MR) is 60.0 cm³/mol. The summed E-state index contributed by atoms with van der Waals surface area (Å²) in [5, 5.41) is 3.76. The number of ether oxygens (including phenoxy) is 1. The fraction of sp³-hybridized carbons (Fsp3) is 0.455. The fourth-order valence-electron chi connectivity index (χ4n) is 1.25. The minimum absolute atomic E-state index is 0.144. The zero-order chi connectivity index (χ0) is 10.6. The highest BCUT2D eigenvalue weighted by Crippen LogP contribution is 2.29. The standard InChI is InChI=1S/C11H16ClNO/c1-8(2)14-11-9(7-13-3)5-4-6-10(11)12/h4-6,8,13H,7H2,1-3H3. The van der Waals surface area contributed by atoms with Gasteiger partial charge >= 0.3 is 0 Å². The molecule has 0 amide bonds. The van der Waals surface area contributed by atoms with Crippen LogP contribution in [0.4, 0.5) is 0 Å². The minimum Gasteiger partial charge on any atom is -0.489 e. The van der Waals surface area contributed by atoms with E-state index in [4.69, 9.17) is 16.3 Å². The molecule has 78 valence electrons. The number of halogens is 1. The first-order valence-corrected chi connectivity index (χ1v) is 5.11. The molecule has 1 N–H and O–H groups in total. The zero-order valence-corrected chi connectivity index (χ0v) is 9.56. The van der Waals surface area contributed by atoms with Gasteiger partial charge in [0, 0.05) is 12.1 Å². The van der Waals surface area contributed by atoms with Gasteiger partial charge in [0.1, 0.15) is 5.75 Å². The number of para-hydroxylation sites is 1. The Balaban J connectivity index is 2.96. The van der Waals surface area contributed by atoms with Gasteiger partial charge in [-0.2, -0.15) is 0 Å². The van der Waals surface area contributed by atoms with Crippen LogP contribution in [0.1, 0.15) is 19.4 Å². The van der Waals surface area contributed by atoms with Crippen LogP contribution in [0.2, 0.25) is 5.02 Å². The van der Waals surface area contributed by atoms with E-state index in [0.717, 1.165) is 17.9 Å². The predicted octanol–water partition coefficient (Wildman–Crippen LogP) is 2.85. The smallest absolute Gasteiger partial charge is 0.142 e. The van der Waals surface area contributed by atoms with E-state index < -0.39 is 0 Å². The molecule has 14 heavy (non-hydrogen) atoms. The third-order valence-corrected chi connectivity index (χ3v) is 2.07. The molecule has 0 saturated heterocycles. The summed E-state index contributed by atoms with van der Waals surface area (Å²) in [6, 6.07) is 5.79. The van der Waals surface area contributed by atoms with Crippen molar-refractivity contribution in [2.45, 2.75) is 26.5 Å². The summed E-state index contributed by atoms with van der Waals surface area (Å²) in [4.78, 5) is 0. The van der Waals surface area contributed by atoms with Gasteiger partial charge in [0.25, 0.3) is 0 Å². The summed E-state index contributed by atoms with van der Waals surface area (Å²) in [5.41, 5.74) is 1.09. The Labute approximate surface area is 90.2 Å². The van der Waals surface area contributed by atoms with Gasteiger partial charge in [0.15, 0.2) is 0 Å². The number of hydrogen-bond donors (Lipinski definition) is 1. The third kappa shape index (κ3) is 2.89. The lowest BCUT2D eigenvalue weighted by molar-refractivity contribution is 0.240. The van der Waals surface area contributed by atoms with Crippen molar-refractivity contribution in [1.29, 1.82) is 0 Å². The molecular formula is C11H16ClNO. The molecule has 0 bridgehead atoms. The second-order valence-corrected chi connectivity index (χ2v) is 3.83. The summed E-state index contributed by atoms with van der Waals surface area (Å²) >= 11 is 6.06. The van der Waals surface area contributed by atoms with E-state index >= 15 is 0 Å². The highest BCUT2D eigenvalue weighted by Gasteiger charge is 2.08. The van der Waals surface area contributed by atoms with Crippen LogP contribution in [0.5, 0.6) is 5.75 Å². The second kappa shape index (κ2) is 5.23. The summed E-state index contributed by atoms with van der Waals surface area (Å²) in [7, 11) is 1.90. The van der Waals surface area contributed by atoms with Crippen LogP contribution < -0.4 is 10.1 Å². The first-order valence-electron chi connectivity index (χ1n) is 4.73. The largest absolute Gasteiger partial charge is 0.489 e. The molecule has 0 unspecified atom stereocenters. The van der Waals surface area contributed by atoms with E-state index in [2.05, 4.69) is 5.32 Å². The molecule has 0 aliphatic rings. The van der Waals surface area contributed by atoms with Crippen LogP contribution in [0.3, 0.4) is 0 Å². The SMILES string of the molecule is CNCc1cccc(Cl)c1OC(C)C. The van der Waals surface area contributed by atoms with E-state index in [1.807, 2.05) is 39.1 Å². The highest BCUT2D eigenvalue weighted by atomic mass is 35.5. The van der Waals surface area contributed by atoms with Crippen molar-refractivity contribution in [1.82, 2.24) is 5.32 Å². The van der Waals surface area contributed by atoms with Crippen LogP contribution in [0.15, 0.2) is 18.2 Å². The Morgan fingerprint density at radius 1 is 1.43 bits per heavy atom.